The number of nitrogens with two attached hydrogens (primary N) is 1. The van der Waals surface area contributed by atoms with Gasteiger partial charge in [-0.1, -0.05) is 24.3 Å². The van der Waals surface area contributed by atoms with Crippen molar-refractivity contribution < 1.29 is 19.6 Å². The van der Waals surface area contributed by atoms with Gasteiger partial charge in [-0.3, -0.25) is 10.4 Å². The summed E-state index contributed by atoms with van der Waals surface area (Å²) in [7, 11) is 5.32. The molecule has 0 radical (unpaired) electrons. The highest BCUT2D eigenvalue weighted by Crippen LogP contribution is 2.28. The van der Waals surface area contributed by atoms with E-state index in [0.29, 0.717) is 22.9 Å². The number of methoxy groups -OCH3 is 2. The van der Waals surface area contributed by atoms with Crippen molar-refractivity contribution in [1.82, 2.24) is 15.1 Å². The van der Waals surface area contributed by atoms with Crippen molar-refractivity contribution in [2.75, 3.05) is 57.7 Å². The van der Waals surface area contributed by atoms with E-state index in [4.69, 9.17) is 9.47 Å². The molecule has 4 aromatic rings. The second-order valence-electron chi connectivity index (χ2n) is 9.32. The number of hydrogen-bond acceptors (Lipinski definition) is 6. The van der Waals surface area contributed by atoms with Crippen LogP contribution in [0.15, 0.2) is 72.8 Å². The lowest BCUT2D eigenvalue weighted by molar-refractivity contribution is -0.460. The molecule has 3 aromatic carbocycles. The van der Waals surface area contributed by atoms with Crippen LogP contribution in [0.5, 0.6) is 11.5 Å². The number of nitrogens with zero attached hydrogens (tertiary/aromatic N) is 3. The van der Waals surface area contributed by atoms with Crippen molar-refractivity contribution in [2.24, 2.45) is 0 Å². The maximum Gasteiger partial charge on any atom is 0.422 e. The van der Waals surface area contributed by atoms with Gasteiger partial charge in [0.1, 0.15) is 5.75 Å². The lowest BCUT2D eigenvalue weighted by Gasteiger charge is -2.34. The number of H-pyrrole nitrogens is 1. The number of amides is 2. The van der Waals surface area contributed by atoms with Crippen LogP contribution in [0.1, 0.15) is 0 Å². The zero-order valence-corrected chi connectivity index (χ0v) is 21.9. The molecule has 1 fully saturated rings. The minimum absolute atomic E-state index is 0.245. The quantitative estimate of drug-likeness (QED) is 0.324. The number of likely N-dealkylation sites (N-methyl/N-ethyl adjacent to an activating group) is 1. The highest BCUT2D eigenvalue weighted by molar-refractivity contribution is 5.84. The molecule has 196 valence electrons. The second kappa shape index (κ2) is 11.4. The summed E-state index contributed by atoms with van der Waals surface area (Å²) in [5, 5.41) is 12.1. The van der Waals surface area contributed by atoms with Crippen LogP contribution < -0.4 is 25.0 Å². The van der Waals surface area contributed by atoms with Crippen LogP contribution in [0, 0.1) is 0 Å². The number of aromatic amines is 1. The third-order valence-electron chi connectivity index (χ3n) is 6.80. The molecule has 5 rings (SSSR count). The molecule has 38 heavy (non-hydrogen) atoms. The van der Waals surface area contributed by atoms with Crippen molar-refractivity contribution in [3.63, 3.8) is 0 Å². The summed E-state index contributed by atoms with van der Waals surface area (Å²) < 4.78 is 10.6. The van der Waals surface area contributed by atoms with Gasteiger partial charge in [-0.05, 0) is 49.0 Å². The Bertz CT molecular complexity index is 1380. The number of piperazine rings is 1. The molecule has 9 heteroatoms. The number of quaternary nitrogens is 1. The lowest BCUT2D eigenvalue weighted by Crippen LogP contribution is -2.83. The molecule has 1 aromatic heterocycles. The summed E-state index contributed by atoms with van der Waals surface area (Å²) in [5.41, 5.74) is 6.47. The Morgan fingerprint density at radius 3 is 2.29 bits per heavy atom. The third-order valence-corrected chi connectivity index (χ3v) is 6.80. The number of ether oxygens (including phenoxy) is 2. The van der Waals surface area contributed by atoms with Crippen LogP contribution in [-0.2, 0) is 0 Å². The minimum atomic E-state index is -0.245. The smallest absolute Gasteiger partial charge is 0.422 e. The van der Waals surface area contributed by atoms with Gasteiger partial charge in [0.25, 0.3) is 0 Å². The van der Waals surface area contributed by atoms with Gasteiger partial charge < -0.3 is 19.3 Å². The average Bonchev–Trinajstić information content (AvgIpc) is 3.44. The number of nitrogens with one attached hydrogen (secondary N) is 2. The first-order valence-electron chi connectivity index (χ1n) is 12.6. The summed E-state index contributed by atoms with van der Waals surface area (Å²) in [6, 6.07) is 23.4. The molecular formula is C29H33N6O3+. The molecule has 0 spiro atoms. The summed E-state index contributed by atoms with van der Waals surface area (Å²) in [6.45, 7) is 4.27. The maximum atomic E-state index is 12.6. The van der Waals surface area contributed by atoms with Crippen LogP contribution in [-0.4, -0.2) is 68.6 Å². The number of benzene rings is 3. The van der Waals surface area contributed by atoms with Crippen LogP contribution in [0.3, 0.4) is 0 Å². The number of carbonyl (C=O) groups excluding carboxylic acids is 1. The van der Waals surface area contributed by atoms with Crippen LogP contribution in [0.4, 0.5) is 21.9 Å². The van der Waals surface area contributed by atoms with Crippen LogP contribution >= 0.6 is 0 Å². The van der Waals surface area contributed by atoms with E-state index in [1.54, 1.807) is 32.4 Å². The first-order chi connectivity index (χ1) is 18.5. The van der Waals surface area contributed by atoms with E-state index in [-0.39, 0.29) is 6.03 Å². The first-order valence-corrected chi connectivity index (χ1v) is 12.6. The fraction of sp³-hybridized carbons (Fsp3) is 0.241. The number of primary amides is 1. The standard InChI is InChI=1S/C29H32N6O3/c1-34-14-16-35(17-15-34)23-10-6-21(7-11-23)27-19-26(32-33-27)20-4-8-22(9-5-20)30-29(36)31-25-13-12-24(37-2)18-28(25)38-3/h4-13,18-19H,14-17H2,1-3H3,(H,32,33)(H2,30,31,36)/p+1. The highest BCUT2D eigenvalue weighted by Gasteiger charge is 2.16. The van der Waals surface area contributed by atoms with E-state index in [9.17, 15) is 4.79 Å². The van der Waals surface area contributed by atoms with Gasteiger partial charge in [0.05, 0.1) is 25.6 Å². The molecule has 4 N–H and O–H groups in total. The molecule has 0 unspecified atom stereocenters. The first kappa shape index (κ1) is 25.3. The van der Waals surface area contributed by atoms with Crippen molar-refractivity contribution in [3.8, 4) is 34.0 Å². The number of carbonyl (C=O) groups is 1. The van der Waals surface area contributed by atoms with Gasteiger partial charge in [-0.25, -0.2) is 10.1 Å². The van der Waals surface area contributed by atoms with Gasteiger partial charge in [0, 0.05) is 55.2 Å². The van der Waals surface area contributed by atoms with E-state index in [0.717, 1.165) is 48.7 Å². The Morgan fingerprint density at radius 2 is 1.61 bits per heavy atom. The van der Waals surface area contributed by atoms with Gasteiger partial charge in [-0.15, -0.1) is 0 Å². The Labute approximate surface area is 222 Å². The van der Waals surface area contributed by atoms with Gasteiger partial charge in [0.2, 0.25) is 0 Å². The van der Waals surface area contributed by atoms with E-state index in [2.05, 4.69) is 56.6 Å². The van der Waals surface area contributed by atoms with E-state index >= 15 is 0 Å². The number of aromatic nitrogens is 2. The molecule has 1 saturated heterocycles. The highest BCUT2D eigenvalue weighted by atomic mass is 16.5. The second-order valence-corrected chi connectivity index (χ2v) is 9.32. The lowest BCUT2D eigenvalue weighted by atomic mass is 10.1. The maximum absolute atomic E-state index is 12.6. The van der Waals surface area contributed by atoms with Gasteiger partial charge in [0.15, 0.2) is 11.4 Å². The molecule has 0 bridgehead atoms. The summed E-state index contributed by atoms with van der Waals surface area (Å²) in [5.74, 6) is 1.23. The van der Waals surface area contributed by atoms with Gasteiger partial charge >= 0.3 is 6.03 Å². The zero-order chi connectivity index (χ0) is 26.5. The van der Waals surface area contributed by atoms with E-state index in [1.165, 1.54) is 11.0 Å². The largest absolute Gasteiger partial charge is 0.497 e. The summed E-state index contributed by atoms with van der Waals surface area (Å²) in [4.78, 5) is 17.4. The molecule has 9 nitrogen and oxygen atoms in total. The van der Waals surface area contributed by atoms with E-state index in [1.807, 2.05) is 30.3 Å². The Hall–Kier alpha value is -4.34. The summed E-state index contributed by atoms with van der Waals surface area (Å²) >= 11 is 0. The topological polar surface area (TPSA) is 99.3 Å². The van der Waals surface area contributed by atoms with E-state index < -0.39 is 0 Å². The normalized spacial score (nSPS) is 13.8. The monoisotopic (exact) mass is 513 g/mol. The molecule has 2 amide bonds. The molecule has 2 heterocycles. The van der Waals surface area contributed by atoms with Crippen molar-refractivity contribution in [3.05, 3.63) is 72.8 Å². The predicted molar refractivity (Wildman–Crippen MR) is 149 cm³/mol. The zero-order valence-electron chi connectivity index (χ0n) is 21.9. The minimum Gasteiger partial charge on any atom is -0.497 e. The number of urea groups is 1. The van der Waals surface area contributed by atoms with Crippen LogP contribution in [0.2, 0.25) is 0 Å². The summed E-state index contributed by atoms with van der Waals surface area (Å²) in [6.07, 6.45) is 0. The van der Waals surface area contributed by atoms with Crippen molar-refractivity contribution in [2.45, 2.75) is 0 Å². The number of rotatable bonds is 7. The Kier molecular flexibility index (Phi) is 7.57. The molecule has 1 aliphatic heterocycles. The van der Waals surface area contributed by atoms with Gasteiger partial charge in [-0.2, -0.15) is 5.10 Å². The van der Waals surface area contributed by atoms with Crippen molar-refractivity contribution in [1.29, 1.82) is 0 Å². The fourth-order valence-corrected chi connectivity index (χ4v) is 4.52. The Balaban J connectivity index is 1.20. The number of anilines is 2. The average molecular weight is 514 g/mol. The molecule has 1 aliphatic rings. The molecule has 0 atom stereocenters. The molecule has 0 saturated carbocycles. The predicted octanol–water partition coefficient (Wildman–Crippen LogP) is 3.94. The fourth-order valence-electron chi connectivity index (χ4n) is 4.52. The Morgan fingerprint density at radius 1 is 0.895 bits per heavy atom. The molecular weight excluding hydrogens is 480 g/mol. The SMILES string of the molecule is COc1ccc([NH2+]C(=O)Nc2ccc(-c3cc(-c4ccc(N5CCN(C)CC5)cc4)n[nH]3)cc2)c(OC)c1. The number of hydrogen-bond donors (Lipinski definition) is 3. The molecule has 0 aliphatic carbocycles. The van der Waals surface area contributed by atoms with Crippen LogP contribution in [0.25, 0.3) is 22.5 Å². The van der Waals surface area contributed by atoms with Crippen molar-refractivity contribution >= 4 is 23.1 Å². The third kappa shape index (κ3) is 5.80.